The van der Waals surface area contributed by atoms with Crippen LogP contribution in [0.15, 0.2) is 65.7 Å². The van der Waals surface area contributed by atoms with Crippen LogP contribution in [-0.2, 0) is 11.3 Å². The van der Waals surface area contributed by atoms with Crippen molar-refractivity contribution in [3.05, 3.63) is 89.3 Å². The second-order valence-electron chi connectivity index (χ2n) is 6.59. The van der Waals surface area contributed by atoms with Gasteiger partial charge in [-0.1, -0.05) is 19.1 Å². The molecule has 0 aliphatic carbocycles. The zero-order valence-electron chi connectivity index (χ0n) is 16.4. The molecule has 160 valence electrons. The van der Waals surface area contributed by atoms with E-state index in [9.17, 15) is 28.2 Å². The molecule has 0 saturated carbocycles. The number of carbonyl (C=O) groups is 1. The lowest BCUT2D eigenvalue weighted by Gasteiger charge is -2.11. The quantitative estimate of drug-likeness (QED) is 0.242. The summed E-state index contributed by atoms with van der Waals surface area (Å²) in [5, 5.41) is 20.1. The van der Waals surface area contributed by atoms with Gasteiger partial charge in [-0.15, -0.1) is 0 Å². The number of imidazole rings is 1. The molecule has 0 spiro atoms. The molecule has 0 unspecified atom stereocenters. The lowest BCUT2D eigenvalue weighted by atomic mass is 10.0. The number of nitrogens with zero attached hydrogens (tertiary/aromatic N) is 3. The largest absolute Gasteiger partial charge is 0.506 e. The number of aromatic nitrogens is 2. The molecular weight excluding hydrogens is 411 g/mol. The minimum atomic E-state index is -1.59. The van der Waals surface area contributed by atoms with Crippen LogP contribution in [0.2, 0.25) is 0 Å². The van der Waals surface area contributed by atoms with Gasteiger partial charge in [0.05, 0.1) is 23.3 Å². The van der Waals surface area contributed by atoms with Gasteiger partial charge in [0, 0.05) is 25.0 Å². The first-order chi connectivity index (χ1) is 14.8. The molecule has 0 saturated heterocycles. The minimum Gasteiger partial charge on any atom is -0.506 e. The van der Waals surface area contributed by atoms with Gasteiger partial charge in [0.15, 0.2) is 11.6 Å². The van der Waals surface area contributed by atoms with Crippen molar-refractivity contribution in [2.75, 3.05) is 0 Å². The molecule has 3 rings (SSSR count). The molecule has 0 radical (unpaired) electrons. The van der Waals surface area contributed by atoms with Gasteiger partial charge in [0.1, 0.15) is 17.1 Å². The predicted molar refractivity (Wildman–Crippen MR) is 109 cm³/mol. The van der Waals surface area contributed by atoms with Crippen LogP contribution in [-0.4, -0.2) is 31.4 Å². The van der Waals surface area contributed by atoms with Gasteiger partial charge in [-0.2, -0.15) is 0 Å². The fourth-order valence-electron chi connectivity index (χ4n) is 2.98. The summed E-state index contributed by atoms with van der Waals surface area (Å²) >= 11 is 0. The van der Waals surface area contributed by atoms with E-state index in [-0.39, 0.29) is 18.2 Å². The van der Waals surface area contributed by atoms with Crippen LogP contribution >= 0.6 is 0 Å². The number of benzene rings is 2. The molecule has 2 aromatic carbocycles. The van der Waals surface area contributed by atoms with Crippen molar-refractivity contribution in [2.24, 2.45) is 4.99 Å². The topological polar surface area (TPSA) is 87.7 Å². The number of hydrogen-bond donors (Lipinski definition) is 2. The Balaban J connectivity index is 2.06. The van der Waals surface area contributed by atoms with Gasteiger partial charge in [-0.3, -0.25) is 4.99 Å². The maximum Gasteiger partial charge on any atom is 0.341 e. The van der Waals surface area contributed by atoms with Crippen LogP contribution in [0.4, 0.5) is 18.9 Å². The summed E-state index contributed by atoms with van der Waals surface area (Å²) in [6, 6.07) is 7.60. The molecule has 0 bridgehead atoms. The summed E-state index contributed by atoms with van der Waals surface area (Å²) in [4.78, 5) is 20.1. The Morgan fingerprint density at radius 3 is 2.48 bits per heavy atom. The average molecular weight is 429 g/mol. The molecule has 31 heavy (non-hydrogen) atoms. The molecule has 6 nitrogen and oxygen atoms in total. The van der Waals surface area contributed by atoms with E-state index in [1.165, 1.54) is 0 Å². The Labute approximate surface area is 175 Å². The minimum absolute atomic E-state index is 0.0612. The smallest absolute Gasteiger partial charge is 0.341 e. The molecule has 3 aromatic rings. The first-order valence-electron chi connectivity index (χ1n) is 9.24. The van der Waals surface area contributed by atoms with E-state index in [4.69, 9.17) is 0 Å². The second-order valence-corrected chi connectivity index (χ2v) is 6.59. The fourth-order valence-corrected chi connectivity index (χ4v) is 2.98. The number of carboxylic acid groups (broad SMARTS) is 1. The summed E-state index contributed by atoms with van der Waals surface area (Å²) in [5.41, 5.74) is -0.258. The van der Waals surface area contributed by atoms with E-state index in [0.717, 1.165) is 5.56 Å². The third-order valence-corrected chi connectivity index (χ3v) is 4.44. The highest BCUT2D eigenvalue weighted by Crippen LogP contribution is 2.26. The van der Waals surface area contributed by atoms with Crippen molar-refractivity contribution < 1.29 is 28.2 Å². The Hall–Kier alpha value is -3.88. The number of aliphatic imine (C=N–C) groups is 1. The molecule has 1 heterocycles. The van der Waals surface area contributed by atoms with Crippen LogP contribution < -0.4 is 0 Å². The molecule has 0 aliphatic heterocycles. The number of carboxylic acids is 1. The third kappa shape index (κ3) is 5.00. The highest BCUT2D eigenvalue weighted by molar-refractivity contribution is 6.24. The van der Waals surface area contributed by atoms with E-state index in [0.29, 0.717) is 18.3 Å². The van der Waals surface area contributed by atoms with Gasteiger partial charge < -0.3 is 14.8 Å². The summed E-state index contributed by atoms with van der Waals surface area (Å²) in [6.07, 6.45) is 5.14. The lowest BCUT2D eigenvalue weighted by Crippen LogP contribution is -2.15. The monoisotopic (exact) mass is 429 g/mol. The molecule has 0 amide bonds. The zero-order chi connectivity index (χ0) is 22.5. The van der Waals surface area contributed by atoms with Crippen LogP contribution in [0.25, 0.3) is 5.76 Å². The van der Waals surface area contributed by atoms with E-state index >= 15 is 0 Å². The summed E-state index contributed by atoms with van der Waals surface area (Å²) in [6.45, 7) is 2.11. The Bertz CT molecular complexity index is 1170. The first kappa shape index (κ1) is 21.8. The van der Waals surface area contributed by atoms with Crippen molar-refractivity contribution >= 4 is 23.1 Å². The second kappa shape index (κ2) is 9.29. The number of aliphatic hydroxyl groups is 1. The normalized spacial score (nSPS) is 12.6. The number of hydrogen-bond acceptors (Lipinski definition) is 4. The van der Waals surface area contributed by atoms with E-state index in [1.807, 2.05) is 10.6 Å². The van der Waals surface area contributed by atoms with Gasteiger partial charge in [0.25, 0.3) is 0 Å². The maximum atomic E-state index is 14.1. The highest BCUT2D eigenvalue weighted by Gasteiger charge is 2.24. The fraction of sp³-hybridized carbons (Fsp3) is 0.136. The summed E-state index contributed by atoms with van der Waals surface area (Å²) in [5.74, 6) is -6.80. The first-order valence-corrected chi connectivity index (χ1v) is 9.24. The van der Waals surface area contributed by atoms with Crippen LogP contribution in [0.3, 0.4) is 0 Å². The number of aliphatic hydroxyl groups excluding tert-OH is 1. The van der Waals surface area contributed by atoms with Gasteiger partial charge in [-0.25, -0.2) is 22.9 Å². The zero-order valence-corrected chi connectivity index (χ0v) is 16.4. The van der Waals surface area contributed by atoms with E-state index < -0.39 is 40.3 Å². The molecule has 9 heteroatoms. The highest BCUT2D eigenvalue weighted by atomic mass is 19.2. The van der Waals surface area contributed by atoms with E-state index in [1.54, 1.807) is 43.8 Å². The standard InChI is InChI=1S/C22H18F3N3O3/c1-2-19(27-14-5-3-4-13(8-14)11-28-7-6-26-12-28)20(22(30)31)21(29)15-9-17(24)18(25)10-16(15)23/h3-10,12,29H,2,11H2,1H3,(H,30,31). The van der Waals surface area contributed by atoms with Crippen molar-refractivity contribution in [2.45, 2.75) is 19.9 Å². The average Bonchev–Trinajstić information content (AvgIpc) is 3.23. The van der Waals surface area contributed by atoms with Crippen LogP contribution in [0.1, 0.15) is 24.5 Å². The van der Waals surface area contributed by atoms with Gasteiger partial charge in [0.2, 0.25) is 0 Å². The van der Waals surface area contributed by atoms with Gasteiger partial charge in [-0.05, 0) is 30.2 Å². The summed E-state index contributed by atoms with van der Waals surface area (Å²) in [7, 11) is 0. The SMILES string of the molecule is CCC(=Nc1cccc(Cn2ccnc2)c1)C(C(=O)O)=C(O)c1cc(F)c(F)cc1F. The Morgan fingerprint density at radius 1 is 1.10 bits per heavy atom. The van der Waals surface area contributed by atoms with Crippen LogP contribution in [0.5, 0.6) is 0 Å². The molecule has 0 fully saturated rings. The van der Waals surface area contributed by atoms with E-state index in [2.05, 4.69) is 9.98 Å². The third-order valence-electron chi connectivity index (χ3n) is 4.44. The number of aliphatic carboxylic acids is 1. The van der Waals surface area contributed by atoms with Gasteiger partial charge >= 0.3 is 5.97 Å². The molecule has 0 aliphatic rings. The Kier molecular flexibility index (Phi) is 6.54. The Morgan fingerprint density at radius 2 is 1.84 bits per heavy atom. The van der Waals surface area contributed by atoms with Crippen LogP contribution in [0, 0.1) is 17.5 Å². The summed E-state index contributed by atoms with van der Waals surface area (Å²) < 4.78 is 42.7. The lowest BCUT2D eigenvalue weighted by molar-refractivity contribution is -0.132. The van der Waals surface area contributed by atoms with Crippen molar-refractivity contribution in [1.82, 2.24) is 9.55 Å². The molecular formula is C22H18F3N3O3. The van der Waals surface area contributed by atoms with Crippen molar-refractivity contribution in [3.8, 4) is 0 Å². The number of halogens is 3. The number of rotatable bonds is 7. The predicted octanol–water partition coefficient (Wildman–Crippen LogP) is 4.89. The van der Waals surface area contributed by atoms with Crippen molar-refractivity contribution in [1.29, 1.82) is 0 Å². The molecule has 2 N–H and O–H groups in total. The maximum absolute atomic E-state index is 14.1. The molecule has 0 atom stereocenters. The molecule has 1 aromatic heterocycles. The van der Waals surface area contributed by atoms with Crippen molar-refractivity contribution in [3.63, 3.8) is 0 Å².